The van der Waals surface area contributed by atoms with Gasteiger partial charge in [0, 0.05) is 0 Å². The Morgan fingerprint density at radius 1 is 0.667 bits per heavy atom. The molecule has 2 aromatic carbocycles. The summed E-state index contributed by atoms with van der Waals surface area (Å²) in [4.78, 5) is 22.5. The summed E-state index contributed by atoms with van der Waals surface area (Å²) in [5, 5.41) is 0. The van der Waals surface area contributed by atoms with Crippen LogP contribution in [0.25, 0.3) is 0 Å². The Morgan fingerprint density at radius 3 is 1.23 bits per heavy atom. The van der Waals surface area contributed by atoms with E-state index in [-0.39, 0.29) is 22.5 Å². The molecule has 0 radical (unpaired) electrons. The molecule has 2 aromatic rings. The van der Waals surface area contributed by atoms with Crippen LogP contribution in [0, 0.1) is 0 Å². The minimum atomic E-state index is -3.40. The van der Waals surface area contributed by atoms with E-state index >= 15 is 0 Å². The molecule has 0 aliphatic rings. The highest BCUT2D eigenvalue weighted by Gasteiger charge is 2.14. The van der Waals surface area contributed by atoms with Gasteiger partial charge in [-0.1, -0.05) is 24.3 Å². The van der Waals surface area contributed by atoms with E-state index in [0.717, 1.165) is 12.5 Å². The van der Waals surface area contributed by atoms with Crippen LogP contribution in [-0.2, 0) is 29.5 Å². The van der Waals surface area contributed by atoms with E-state index in [1.54, 1.807) is 24.3 Å². The van der Waals surface area contributed by atoms with Gasteiger partial charge in [-0.2, -0.15) is 0 Å². The molecule has 0 spiro atoms. The first-order valence-corrected chi connectivity index (χ1v) is 12.0. The van der Waals surface area contributed by atoms with Gasteiger partial charge in [0.1, 0.15) is 0 Å². The fourth-order valence-electron chi connectivity index (χ4n) is 2.12. The molecule has 0 saturated heterocycles. The van der Waals surface area contributed by atoms with Crippen molar-refractivity contribution in [3.8, 4) is 0 Å². The number of carbonyl (C=O) groups excluding carboxylic acids is 2. The molecule has 0 saturated carbocycles. The van der Waals surface area contributed by atoms with E-state index < -0.39 is 32.0 Å². The van der Waals surface area contributed by atoms with Gasteiger partial charge in [0.05, 0.1) is 49.2 Å². The topological polar surface area (TPSA) is 145 Å². The van der Waals surface area contributed by atoms with Gasteiger partial charge in [0.15, 0.2) is 0 Å². The first-order valence-electron chi connectivity index (χ1n) is 8.18. The Hall–Kier alpha value is -3.12. The van der Waals surface area contributed by atoms with Crippen LogP contribution in [0.3, 0.4) is 0 Å². The third-order valence-electron chi connectivity index (χ3n) is 3.26. The van der Waals surface area contributed by atoms with Crippen LogP contribution >= 0.6 is 0 Å². The number of ether oxygens (including phenoxy) is 2. The summed E-state index contributed by atoms with van der Waals surface area (Å²) in [7, 11) is -4.33. The summed E-state index contributed by atoms with van der Waals surface area (Å²) in [5.41, 5.74) is 0.801. The van der Waals surface area contributed by atoms with Crippen LogP contribution in [0.1, 0.15) is 20.7 Å². The predicted molar refractivity (Wildman–Crippen MR) is 112 cm³/mol. The molecule has 164 valence electrons. The van der Waals surface area contributed by atoms with Gasteiger partial charge in [0.2, 0.25) is 20.0 Å². The SMILES string of the molecule is COC(=O)c1ccccc1NS(C)(=O)=O.COC(=O)c1ccccc1NS(C)(=O)=O. The maximum Gasteiger partial charge on any atom is 0.339 e. The smallest absolute Gasteiger partial charge is 0.339 e. The van der Waals surface area contributed by atoms with Crippen molar-refractivity contribution in [2.45, 2.75) is 0 Å². The Labute approximate surface area is 175 Å². The summed E-state index contributed by atoms with van der Waals surface area (Å²) >= 11 is 0. The minimum absolute atomic E-state index is 0.186. The van der Waals surface area contributed by atoms with Gasteiger partial charge in [-0.3, -0.25) is 9.44 Å². The van der Waals surface area contributed by atoms with Crippen LogP contribution in [0.15, 0.2) is 48.5 Å². The van der Waals surface area contributed by atoms with E-state index in [4.69, 9.17) is 0 Å². The minimum Gasteiger partial charge on any atom is -0.465 e. The highest BCUT2D eigenvalue weighted by molar-refractivity contribution is 7.92. The Bertz CT molecular complexity index is 1020. The third-order valence-corrected chi connectivity index (χ3v) is 4.44. The molecular formula is C18H22N2O8S2. The number of esters is 2. The zero-order valence-corrected chi connectivity index (χ0v) is 18.3. The lowest BCUT2D eigenvalue weighted by atomic mass is 10.2. The van der Waals surface area contributed by atoms with Gasteiger partial charge in [0.25, 0.3) is 0 Å². The van der Waals surface area contributed by atoms with E-state index in [9.17, 15) is 26.4 Å². The van der Waals surface area contributed by atoms with Crippen LogP contribution in [-0.4, -0.2) is 55.5 Å². The molecule has 2 N–H and O–H groups in total. The van der Waals surface area contributed by atoms with E-state index in [1.165, 1.54) is 38.5 Å². The molecule has 0 aromatic heterocycles. The van der Waals surface area contributed by atoms with Crippen molar-refractivity contribution >= 4 is 43.4 Å². The number of rotatable bonds is 6. The number of hydrogen-bond donors (Lipinski definition) is 2. The van der Waals surface area contributed by atoms with Gasteiger partial charge in [-0.25, -0.2) is 26.4 Å². The van der Waals surface area contributed by atoms with Crippen molar-refractivity contribution in [3.05, 3.63) is 59.7 Å². The zero-order valence-electron chi connectivity index (χ0n) is 16.7. The number of nitrogens with one attached hydrogen (secondary N) is 2. The molecule has 0 atom stereocenters. The molecule has 2 rings (SSSR count). The van der Waals surface area contributed by atoms with Crippen molar-refractivity contribution in [2.75, 3.05) is 36.2 Å². The van der Waals surface area contributed by atoms with Crippen molar-refractivity contribution in [2.24, 2.45) is 0 Å². The standard InChI is InChI=1S/2C9H11NO4S/c2*1-14-9(11)7-5-3-4-6-8(7)10-15(2,12)13/h2*3-6,10H,1-2H3. The van der Waals surface area contributed by atoms with Gasteiger partial charge >= 0.3 is 11.9 Å². The summed E-state index contributed by atoms with van der Waals surface area (Å²) < 4.78 is 57.5. The van der Waals surface area contributed by atoms with E-state index in [0.29, 0.717) is 0 Å². The molecular weight excluding hydrogens is 436 g/mol. The molecule has 12 heteroatoms. The monoisotopic (exact) mass is 458 g/mol. The number of carbonyl (C=O) groups is 2. The second-order valence-electron chi connectivity index (χ2n) is 5.82. The van der Waals surface area contributed by atoms with Crippen molar-refractivity contribution < 1.29 is 35.9 Å². The first kappa shape index (κ1) is 24.9. The lowest BCUT2D eigenvalue weighted by Gasteiger charge is -2.08. The van der Waals surface area contributed by atoms with E-state index in [1.807, 2.05) is 0 Å². The molecule has 0 aliphatic heterocycles. The second-order valence-corrected chi connectivity index (χ2v) is 9.32. The number of methoxy groups -OCH3 is 2. The van der Waals surface area contributed by atoms with Crippen LogP contribution in [0.5, 0.6) is 0 Å². The lowest BCUT2D eigenvalue weighted by Crippen LogP contribution is -2.13. The molecule has 0 bridgehead atoms. The average Bonchev–Trinajstić information content (AvgIpc) is 2.65. The largest absolute Gasteiger partial charge is 0.465 e. The van der Waals surface area contributed by atoms with Crippen LogP contribution in [0.2, 0.25) is 0 Å². The fraction of sp³-hybridized carbons (Fsp3) is 0.222. The molecule has 10 nitrogen and oxygen atoms in total. The normalized spacial score (nSPS) is 10.8. The quantitative estimate of drug-likeness (QED) is 0.622. The first-order chi connectivity index (χ1) is 13.9. The highest BCUT2D eigenvalue weighted by atomic mass is 32.2. The lowest BCUT2D eigenvalue weighted by molar-refractivity contribution is 0.0593. The summed E-state index contributed by atoms with van der Waals surface area (Å²) in [6.07, 6.45) is 2.03. The molecule has 0 aliphatic carbocycles. The summed E-state index contributed by atoms with van der Waals surface area (Å²) in [6, 6.07) is 12.5. The van der Waals surface area contributed by atoms with Gasteiger partial charge in [-0.15, -0.1) is 0 Å². The molecule has 0 fully saturated rings. The Kier molecular flexibility index (Phi) is 8.80. The summed E-state index contributed by atoms with van der Waals surface area (Å²) in [6.45, 7) is 0. The maximum absolute atomic E-state index is 11.3. The van der Waals surface area contributed by atoms with Crippen LogP contribution < -0.4 is 9.44 Å². The number of para-hydroxylation sites is 2. The summed E-state index contributed by atoms with van der Waals surface area (Å²) in [5.74, 6) is -1.16. The number of sulfonamides is 2. The number of hydrogen-bond acceptors (Lipinski definition) is 8. The second kappa shape index (κ2) is 10.6. The Morgan fingerprint density at radius 2 is 0.967 bits per heavy atom. The van der Waals surface area contributed by atoms with Gasteiger partial charge in [-0.05, 0) is 24.3 Å². The van der Waals surface area contributed by atoms with Crippen molar-refractivity contribution in [1.29, 1.82) is 0 Å². The molecule has 0 amide bonds. The third kappa shape index (κ3) is 8.49. The van der Waals surface area contributed by atoms with Gasteiger partial charge < -0.3 is 9.47 Å². The fourth-order valence-corrected chi connectivity index (χ4v) is 3.27. The van der Waals surface area contributed by atoms with Crippen LogP contribution in [0.4, 0.5) is 11.4 Å². The van der Waals surface area contributed by atoms with Crippen molar-refractivity contribution in [1.82, 2.24) is 0 Å². The van der Waals surface area contributed by atoms with Crippen molar-refractivity contribution in [3.63, 3.8) is 0 Å². The molecule has 0 heterocycles. The molecule has 0 unspecified atom stereocenters. The zero-order chi connectivity index (χ0) is 22.9. The predicted octanol–water partition coefficient (Wildman–Crippen LogP) is 1.69. The van der Waals surface area contributed by atoms with E-state index in [2.05, 4.69) is 18.9 Å². The maximum atomic E-state index is 11.3. The highest BCUT2D eigenvalue weighted by Crippen LogP contribution is 2.17. The molecule has 30 heavy (non-hydrogen) atoms. The number of benzene rings is 2. The number of anilines is 2. The Balaban J connectivity index is 0.000000300. The average molecular weight is 459 g/mol.